The van der Waals surface area contributed by atoms with Gasteiger partial charge in [0.1, 0.15) is 0 Å². The molecule has 0 saturated carbocycles. The molecule has 0 amide bonds. The first-order chi connectivity index (χ1) is 9.36. The van der Waals surface area contributed by atoms with Crippen LogP contribution in [0.4, 0.5) is 11.4 Å². The van der Waals surface area contributed by atoms with Gasteiger partial charge in [0.15, 0.2) is 0 Å². The first-order valence-corrected chi connectivity index (χ1v) is 6.72. The molecule has 2 heterocycles. The number of nitrogens with zero attached hydrogens (tertiary/aromatic N) is 2. The second-order valence-corrected chi connectivity index (χ2v) is 4.91. The van der Waals surface area contributed by atoms with Crippen LogP contribution < -0.4 is 15.5 Å². The molecule has 100 valence electrons. The largest absolute Gasteiger partial charge is 0.382 e. The van der Waals surface area contributed by atoms with Crippen molar-refractivity contribution < 1.29 is 4.74 Å². The maximum Gasteiger partial charge on any atom is 0.0992 e. The summed E-state index contributed by atoms with van der Waals surface area (Å²) in [6, 6.07) is 8.00. The molecule has 0 spiro atoms. The molecule has 2 N–H and O–H groups in total. The molecule has 0 aromatic heterocycles. The third-order valence-electron chi connectivity index (χ3n) is 3.59. The summed E-state index contributed by atoms with van der Waals surface area (Å²) in [5.74, 6) is 0. The van der Waals surface area contributed by atoms with Gasteiger partial charge in [-0.05, 0) is 18.2 Å². The molecule has 5 heteroatoms. The molecular formula is C14H18N4O. The third-order valence-corrected chi connectivity index (χ3v) is 3.59. The van der Waals surface area contributed by atoms with Crippen molar-refractivity contribution in [2.75, 3.05) is 49.5 Å². The van der Waals surface area contributed by atoms with Gasteiger partial charge in [0.2, 0.25) is 0 Å². The highest BCUT2D eigenvalue weighted by Gasteiger charge is 2.22. The van der Waals surface area contributed by atoms with Crippen molar-refractivity contribution in [3.05, 3.63) is 23.8 Å². The zero-order chi connectivity index (χ0) is 13.1. The van der Waals surface area contributed by atoms with Crippen LogP contribution in [0.1, 0.15) is 5.56 Å². The van der Waals surface area contributed by atoms with E-state index in [1.807, 2.05) is 18.2 Å². The van der Waals surface area contributed by atoms with Crippen LogP contribution in [-0.2, 0) is 4.74 Å². The number of anilines is 2. The van der Waals surface area contributed by atoms with E-state index in [2.05, 4.69) is 21.6 Å². The molecule has 0 radical (unpaired) electrons. The number of fused-ring (bicyclic) bond motifs is 1. The minimum absolute atomic E-state index is 0.227. The summed E-state index contributed by atoms with van der Waals surface area (Å²) in [4.78, 5) is 2.31. The van der Waals surface area contributed by atoms with Gasteiger partial charge in [0.05, 0.1) is 35.7 Å². The van der Waals surface area contributed by atoms with Crippen LogP contribution in [-0.4, -0.2) is 45.4 Å². The van der Waals surface area contributed by atoms with Crippen LogP contribution in [0.5, 0.6) is 0 Å². The van der Waals surface area contributed by atoms with Gasteiger partial charge in [-0.25, -0.2) is 0 Å². The number of ether oxygens (including phenoxy) is 1. The van der Waals surface area contributed by atoms with Gasteiger partial charge < -0.3 is 20.3 Å². The molecule has 2 aliphatic heterocycles. The molecule has 0 aliphatic carbocycles. The van der Waals surface area contributed by atoms with E-state index in [-0.39, 0.29) is 6.10 Å². The van der Waals surface area contributed by atoms with Crippen molar-refractivity contribution >= 4 is 11.4 Å². The number of rotatable bonds is 2. The summed E-state index contributed by atoms with van der Waals surface area (Å²) >= 11 is 0. The van der Waals surface area contributed by atoms with Crippen LogP contribution in [0, 0.1) is 11.3 Å². The van der Waals surface area contributed by atoms with Gasteiger partial charge in [-0.1, -0.05) is 0 Å². The Morgan fingerprint density at radius 2 is 2.37 bits per heavy atom. The highest BCUT2D eigenvalue weighted by atomic mass is 16.5. The molecule has 1 atom stereocenters. The van der Waals surface area contributed by atoms with Crippen molar-refractivity contribution in [1.82, 2.24) is 5.32 Å². The predicted octanol–water partition coefficient (Wildman–Crippen LogP) is 0.779. The van der Waals surface area contributed by atoms with Crippen molar-refractivity contribution in [1.29, 1.82) is 5.26 Å². The first-order valence-electron chi connectivity index (χ1n) is 6.72. The second kappa shape index (κ2) is 5.47. The maximum absolute atomic E-state index is 9.02. The number of nitrogens with one attached hydrogen (secondary N) is 2. The fourth-order valence-corrected chi connectivity index (χ4v) is 2.63. The van der Waals surface area contributed by atoms with Crippen LogP contribution in [0.25, 0.3) is 0 Å². The van der Waals surface area contributed by atoms with E-state index in [1.54, 1.807) is 0 Å². The molecule has 1 fully saturated rings. The SMILES string of the molecule is N#Cc1ccc2c(c1)N(CC1CNCCO1)CCN2. The monoisotopic (exact) mass is 258 g/mol. The maximum atomic E-state index is 9.02. The topological polar surface area (TPSA) is 60.3 Å². The molecule has 19 heavy (non-hydrogen) atoms. The van der Waals surface area contributed by atoms with E-state index in [4.69, 9.17) is 10.00 Å². The Bertz CT molecular complexity index is 491. The van der Waals surface area contributed by atoms with Crippen molar-refractivity contribution in [3.63, 3.8) is 0 Å². The number of morpholine rings is 1. The average molecular weight is 258 g/mol. The van der Waals surface area contributed by atoms with Gasteiger partial charge in [-0.2, -0.15) is 5.26 Å². The van der Waals surface area contributed by atoms with E-state index in [9.17, 15) is 0 Å². The fourth-order valence-electron chi connectivity index (χ4n) is 2.63. The van der Waals surface area contributed by atoms with Gasteiger partial charge in [-0.15, -0.1) is 0 Å². The van der Waals surface area contributed by atoms with Gasteiger partial charge in [0, 0.05) is 32.7 Å². The van der Waals surface area contributed by atoms with Crippen molar-refractivity contribution in [3.8, 4) is 6.07 Å². The van der Waals surface area contributed by atoms with E-state index in [0.717, 1.165) is 50.7 Å². The normalized spacial score (nSPS) is 22.3. The third kappa shape index (κ3) is 2.65. The van der Waals surface area contributed by atoms with Gasteiger partial charge in [-0.3, -0.25) is 0 Å². The molecule has 5 nitrogen and oxygen atoms in total. The quantitative estimate of drug-likeness (QED) is 0.821. The van der Waals surface area contributed by atoms with Crippen molar-refractivity contribution in [2.24, 2.45) is 0 Å². The lowest BCUT2D eigenvalue weighted by Gasteiger charge is -2.36. The Kier molecular flexibility index (Phi) is 3.53. The van der Waals surface area contributed by atoms with E-state index >= 15 is 0 Å². The number of hydrogen-bond donors (Lipinski definition) is 2. The summed E-state index contributed by atoms with van der Waals surface area (Å²) in [6.45, 7) is 5.36. The molecule has 1 saturated heterocycles. The summed E-state index contributed by atoms with van der Waals surface area (Å²) in [6.07, 6.45) is 0.227. The lowest BCUT2D eigenvalue weighted by Crippen LogP contribution is -2.47. The van der Waals surface area contributed by atoms with E-state index in [0.29, 0.717) is 5.56 Å². The Labute approximate surface area is 113 Å². The lowest BCUT2D eigenvalue weighted by atomic mass is 10.1. The molecule has 1 unspecified atom stereocenters. The highest BCUT2D eigenvalue weighted by molar-refractivity contribution is 5.73. The molecule has 1 aromatic rings. The van der Waals surface area contributed by atoms with Crippen molar-refractivity contribution in [2.45, 2.75) is 6.10 Å². The predicted molar refractivity (Wildman–Crippen MR) is 74.5 cm³/mol. The zero-order valence-corrected chi connectivity index (χ0v) is 10.9. The number of benzene rings is 1. The average Bonchev–Trinajstić information content (AvgIpc) is 2.48. The van der Waals surface area contributed by atoms with Gasteiger partial charge in [0.25, 0.3) is 0 Å². The molecule has 3 rings (SSSR count). The summed E-state index contributed by atoms with van der Waals surface area (Å²) in [5.41, 5.74) is 2.92. The summed E-state index contributed by atoms with van der Waals surface area (Å²) < 4.78 is 5.76. The number of nitriles is 1. The number of hydrogen-bond acceptors (Lipinski definition) is 5. The molecule has 1 aromatic carbocycles. The van der Waals surface area contributed by atoms with Crippen LogP contribution in [0.3, 0.4) is 0 Å². The first kappa shape index (κ1) is 12.3. The highest BCUT2D eigenvalue weighted by Crippen LogP contribution is 2.30. The van der Waals surface area contributed by atoms with E-state index in [1.165, 1.54) is 0 Å². The van der Waals surface area contributed by atoms with Gasteiger partial charge >= 0.3 is 0 Å². The van der Waals surface area contributed by atoms with Crippen LogP contribution >= 0.6 is 0 Å². The Morgan fingerprint density at radius 1 is 1.42 bits per heavy atom. The Balaban J connectivity index is 1.78. The lowest BCUT2D eigenvalue weighted by molar-refractivity contribution is 0.0334. The summed E-state index contributed by atoms with van der Waals surface area (Å²) in [7, 11) is 0. The minimum atomic E-state index is 0.227. The molecular weight excluding hydrogens is 240 g/mol. The zero-order valence-electron chi connectivity index (χ0n) is 10.9. The van der Waals surface area contributed by atoms with Crippen LogP contribution in [0.15, 0.2) is 18.2 Å². The minimum Gasteiger partial charge on any atom is -0.382 e. The molecule has 2 aliphatic rings. The Morgan fingerprint density at radius 3 is 3.16 bits per heavy atom. The molecule has 0 bridgehead atoms. The smallest absolute Gasteiger partial charge is 0.0992 e. The standard InChI is InChI=1S/C14H18N4O/c15-8-11-1-2-13-14(7-11)18(5-3-17-13)10-12-9-16-4-6-19-12/h1-2,7,12,16-17H,3-6,9-10H2. The summed E-state index contributed by atoms with van der Waals surface area (Å²) in [5, 5.41) is 15.7. The Hall–Kier alpha value is -1.77. The second-order valence-electron chi connectivity index (χ2n) is 4.91. The fraction of sp³-hybridized carbons (Fsp3) is 0.500. The van der Waals surface area contributed by atoms with E-state index < -0.39 is 0 Å². The van der Waals surface area contributed by atoms with Crippen LogP contribution in [0.2, 0.25) is 0 Å².